The average Bonchev–Trinajstić information content (AvgIpc) is 2.57. The van der Waals surface area contributed by atoms with Gasteiger partial charge in [-0.25, -0.2) is 9.36 Å². The smallest absolute Gasteiger partial charge is 0.335 e. The van der Waals surface area contributed by atoms with Crippen LogP contribution < -0.4 is 11.2 Å². The molecule has 7 nitrogen and oxygen atoms in total. The number of nitrogens with zero attached hydrogens (tertiary/aromatic N) is 1. The summed E-state index contributed by atoms with van der Waals surface area (Å²) >= 11 is 0. The summed E-state index contributed by atoms with van der Waals surface area (Å²) in [6.07, 6.45) is 0.990. The Labute approximate surface area is 92.4 Å². The van der Waals surface area contributed by atoms with Gasteiger partial charge >= 0.3 is 5.69 Å². The van der Waals surface area contributed by atoms with Crippen LogP contribution in [0.25, 0.3) is 5.88 Å². The second kappa shape index (κ2) is 3.91. The molecule has 2 rings (SSSR count). The molecular weight excluding hydrogens is 235 g/mol. The van der Waals surface area contributed by atoms with Crippen LogP contribution in [-0.4, -0.2) is 19.8 Å². The summed E-state index contributed by atoms with van der Waals surface area (Å²) in [6, 6.07) is 0.985. The van der Waals surface area contributed by atoms with E-state index in [0.717, 1.165) is 12.3 Å². The van der Waals surface area contributed by atoms with Crippen molar-refractivity contribution < 1.29 is 19.0 Å². The number of nitrogens with one attached hydrogen (secondary N) is 1. The lowest BCUT2D eigenvalue weighted by atomic mass is 10.4. The molecule has 0 aliphatic rings. The maximum atomic E-state index is 13.5. The van der Waals surface area contributed by atoms with E-state index in [0.29, 0.717) is 4.57 Å². The van der Waals surface area contributed by atoms with Gasteiger partial charge in [0, 0.05) is 12.3 Å². The van der Waals surface area contributed by atoms with Gasteiger partial charge in [-0.1, -0.05) is 0 Å². The third-order valence-corrected chi connectivity index (χ3v) is 2.07. The van der Waals surface area contributed by atoms with Crippen molar-refractivity contribution in [1.29, 1.82) is 0 Å². The highest BCUT2D eigenvalue weighted by atomic mass is 19.1. The standard InChI is InChI=1S/C9H7FN2O5/c10-6-7(15)4(3-13)17-8(6)12-2-1-5(14)11-9(12)16/h1-2,13,15H,3H2,(H,11,14,16). The normalized spacial score (nSPS) is 10.7. The van der Waals surface area contributed by atoms with E-state index in [4.69, 9.17) is 9.52 Å². The highest BCUT2D eigenvalue weighted by Crippen LogP contribution is 2.29. The van der Waals surface area contributed by atoms with Crippen molar-refractivity contribution in [2.45, 2.75) is 6.61 Å². The number of H-pyrrole nitrogens is 1. The molecule has 0 aromatic carbocycles. The molecule has 8 heteroatoms. The summed E-state index contributed by atoms with van der Waals surface area (Å²) in [5, 5.41) is 18.0. The number of aliphatic hydroxyl groups excluding tert-OH is 1. The quantitative estimate of drug-likeness (QED) is 0.655. The number of halogens is 1. The number of hydrogen-bond donors (Lipinski definition) is 3. The molecule has 90 valence electrons. The number of furan rings is 1. The maximum absolute atomic E-state index is 13.5. The molecule has 0 bridgehead atoms. The maximum Gasteiger partial charge on any atom is 0.335 e. The molecule has 0 fully saturated rings. The fraction of sp³-hybridized carbons (Fsp3) is 0.111. The Morgan fingerprint density at radius 3 is 2.71 bits per heavy atom. The van der Waals surface area contributed by atoms with Crippen molar-refractivity contribution in [1.82, 2.24) is 9.55 Å². The molecule has 0 radical (unpaired) electrons. The van der Waals surface area contributed by atoms with Gasteiger partial charge < -0.3 is 14.6 Å². The average molecular weight is 242 g/mol. The van der Waals surface area contributed by atoms with Crippen LogP contribution in [0.1, 0.15) is 5.76 Å². The fourth-order valence-corrected chi connectivity index (χ4v) is 1.27. The minimum atomic E-state index is -1.19. The zero-order chi connectivity index (χ0) is 12.6. The Kier molecular flexibility index (Phi) is 2.56. The van der Waals surface area contributed by atoms with Crippen molar-refractivity contribution >= 4 is 0 Å². The molecule has 2 aromatic heterocycles. The molecule has 0 saturated carbocycles. The molecule has 0 aliphatic carbocycles. The SMILES string of the molecule is O=c1ccn(-c2oc(CO)c(O)c2F)c(=O)[nH]1. The first-order chi connectivity index (χ1) is 8.04. The van der Waals surface area contributed by atoms with Gasteiger partial charge in [0.1, 0.15) is 6.61 Å². The minimum absolute atomic E-state index is 0.407. The third-order valence-electron chi connectivity index (χ3n) is 2.07. The second-order valence-electron chi connectivity index (χ2n) is 3.13. The molecule has 0 unspecified atom stereocenters. The van der Waals surface area contributed by atoms with E-state index in [1.807, 2.05) is 4.98 Å². The predicted octanol–water partition coefficient (Wildman–Crippen LogP) is -0.544. The topological polar surface area (TPSA) is 108 Å². The van der Waals surface area contributed by atoms with Crippen LogP contribution in [0.2, 0.25) is 0 Å². The predicted molar refractivity (Wildman–Crippen MR) is 52.5 cm³/mol. The van der Waals surface area contributed by atoms with Crippen LogP contribution >= 0.6 is 0 Å². The molecule has 2 aromatic rings. The fourth-order valence-electron chi connectivity index (χ4n) is 1.27. The molecule has 2 heterocycles. The van der Waals surface area contributed by atoms with Gasteiger partial charge in [0.15, 0.2) is 11.5 Å². The van der Waals surface area contributed by atoms with Gasteiger partial charge in [0.25, 0.3) is 5.56 Å². The Hall–Kier alpha value is -2.35. The van der Waals surface area contributed by atoms with E-state index in [2.05, 4.69) is 0 Å². The number of rotatable bonds is 2. The monoisotopic (exact) mass is 242 g/mol. The van der Waals surface area contributed by atoms with Crippen LogP contribution in [0.3, 0.4) is 0 Å². The lowest BCUT2D eigenvalue weighted by molar-refractivity contribution is 0.238. The summed E-state index contributed by atoms with van der Waals surface area (Å²) in [5.74, 6) is -3.08. The van der Waals surface area contributed by atoms with E-state index in [-0.39, 0.29) is 0 Å². The summed E-state index contributed by atoms with van der Waals surface area (Å²) < 4.78 is 18.9. The van der Waals surface area contributed by atoms with Crippen LogP contribution in [0.4, 0.5) is 4.39 Å². The van der Waals surface area contributed by atoms with Gasteiger partial charge in [-0.2, -0.15) is 4.39 Å². The molecule has 3 N–H and O–H groups in total. The Bertz CT molecular complexity index is 669. The lowest BCUT2D eigenvalue weighted by Crippen LogP contribution is -2.27. The Morgan fingerprint density at radius 1 is 1.47 bits per heavy atom. The molecule has 0 saturated heterocycles. The number of aliphatic hydroxyl groups is 1. The Morgan fingerprint density at radius 2 is 2.18 bits per heavy atom. The number of aromatic nitrogens is 2. The first-order valence-electron chi connectivity index (χ1n) is 4.48. The van der Waals surface area contributed by atoms with Crippen LogP contribution in [0.5, 0.6) is 5.75 Å². The van der Waals surface area contributed by atoms with Gasteiger partial charge in [-0.3, -0.25) is 9.78 Å². The number of aromatic hydroxyl groups is 1. The highest BCUT2D eigenvalue weighted by molar-refractivity contribution is 5.36. The minimum Gasteiger partial charge on any atom is -0.502 e. The summed E-state index contributed by atoms with van der Waals surface area (Å²) in [5.41, 5.74) is -1.57. The molecule has 0 amide bonds. The van der Waals surface area contributed by atoms with Crippen LogP contribution in [-0.2, 0) is 6.61 Å². The largest absolute Gasteiger partial charge is 0.502 e. The van der Waals surface area contributed by atoms with Crippen LogP contribution in [0, 0.1) is 5.82 Å². The second-order valence-corrected chi connectivity index (χ2v) is 3.13. The third kappa shape index (κ3) is 1.74. The van der Waals surface area contributed by atoms with Gasteiger partial charge in [0.05, 0.1) is 0 Å². The van der Waals surface area contributed by atoms with E-state index in [1.165, 1.54) is 0 Å². The van der Waals surface area contributed by atoms with Gasteiger partial charge in [0.2, 0.25) is 11.7 Å². The molecule has 17 heavy (non-hydrogen) atoms. The van der Waals surface area contributed by atoms with E-state index in [9.17, 15) is 19.1 Å². The Balaban J connectivity index is 2.69. The summed E-state index contributed by atoms with van der Waals surface area (Å²) in [6.45, 7) is -0.721. The number of hydrogen-bond acceptors (Lipinski definition) is 5. The lowest BCUT2D eigenvalue weighted by Gasteiger charge is -1.98. The first kappa shape index (κ1) is 11.1. The van der Waals surface area contributed by atoms with E-state index in [1.54, 1.807) is 0 Å². The summed E-state index contributed by atoms with van der Waals surface area (Å²) in [4.78, 5) is 24.0. The van der Waals surface area contributed by atoms with Gasteiger partial charge in [-0.15, -0.1) is 0 Å². The summed E-state index contributed by atoms with van der Waals surface area (Å²) in [7, 11) is 0. The van der Waals surface area contributed by atoms with E-state index >= 15 is 0 Å². The zero-order valence-corrected chi connectivity index (χ0v) is 8.31. The molecule has 0 spiro atoms. The van der Waals surface area contributed by atoms with Crippen molar-refractivity contribution in [2.24, 2.45) is 0 Å². The zero-order valence-electron chi connectivity index (χ0n) is 8.31. The van der Waals surface area contributed by atoms with E-state index < -0.39 is 41.1 Å². The highest BCUT2D eigenvalue weighted by Gasteiger charge is 2.21. The van der Waals surface area contributed by atoms with Crippen LogP contribution in [0.15, 0.2) is 26.3 Å². The van der Waals surface area contributed by atoms with Crippen molar-refractivity contribution in [3.05, 3.63) is 44.7 Å². The van der Waals surface area contributed by atoms with Crippen molar-refractivity contribution in [3.63, 3.8) is 0 Å². The van der Waals surface area contributed by atoms with Gasteiger partial charge in [-0.05, 0) is 0 Å². The van der Waals surface area contributed by atoms with Crippen molar-refractivity contribution in [3.8, 4) is 11.6 Å². The number of aromatic amines is 1. The first-order valence-corrected chi connectivity index (χ1v) is 4.48. The van der Waals surface area contributed by atoms with Crippen molar-refractivity contribution in [2.75, 3.05) is 0 Å². The molecular formula is C9H7FN2O5. The molecule has 0 atom stereocenters. The molecule has 0 aliphatic heterocycles.